The molecule has 23 heavy (non-hydrogen) atoms. The minimum atomic E-state index is -0.499. The van der Waals surface area contributed by atoms with Crippen LogP contribution in [0.1, 0.15) is 21.9 Å². The Labute approximate surface area is 136 Å². The second-order valence-corrected chi connectivity index (χ2v) is 5.71. The first kappa shape index (κ1) is 15.4. The number of furan rings is 1. The maximum absolute atomic E-state index is 11.3. The van der Waals surface area contributed by atoms with Gasteiger partial charge < -0.3 is 13.6 Å². The van der Waals surface area contributed by atoms with Gasteiger partial charge in [-0.15, -0.1) is 10.2 Å². The molecular weight excluding hydrogens is 316 g/mol. The Morgan fingerprint density at radius 3 is 2.65 bits per heavy atom. The van der Waals surface area contributed by atoms with Gasteiger partial charge >= 0.3 is 5.97 Å². The topological polar surface area (TPSA) is 78.4 Å². The predicted octanol–water partition coefficient (Wildman–Crippen LogP) is 3.72. The lowest BCUT2D eigenvalue weighted by Crippen LogP contribution is -1.98. The van der Waals surface area contributed by atoms with Gasteiger partial charge in [0.05, 0.1) is 12.9 Å². The van der Waals surface area contributed by atoms with E-state index in [9.17, 15) is 4.79 Å². The van der Waals surface area contributed by atoms with Crippen molar-refractivity contribution in [3.8, 4) is 11.5 Å². The van der Waals surface area contributed by atoms with Gasteiger partial charge in [-0.1, -0.05) is 29.5 Å². The van der Waals surface area contributed by atoms with E-state index in [-0.39, 0.29) is 5.76 Å². The third kappa shape index (κ3) is 3.62. The molecule has 3 rings (SSSR count). The number of methoxy groups -OCH3 is 1. The van der Waals surface area contributed by atoms with Crippen LogP contribution in [0.25, 0.3) is 11.5 Å². The molecule has 2 aromatic heterocycles. The molecule has 0 saturated heterocycles. The molecule has 0 aliphatic heterocycles. The number of hydrogen-bond acceptors (Lipinski definition) is 7. The van der Waals surface area contributed by atoms with Gasteiger partial charge in [0.2, 0.25) is 11.7 Å². The highest BCUT2D eigenvalue weighted by molar-refractivity contribution is 7.98. The number of carbonyl (C=O) groups excluding carboxylic acids is 1. The summed E-state index contributed by atoms with van der Waals surface area (Å²) in [6.45, 7) is 2.02. The summed E-state index contributed by atoms with van der Waals surface area (Å²) in [5.41, 5.74) is 2.04. The molecule has 3 aromatic rings. The smallest absolute Gasteiger partial charge is 0.373 e. The van der Waals surface area contributed by atoms with E-state index in [1.54, 1.807) is 12.1 Å². The van der Waals surface area contributed by atoms with Crippen LogP contribution in [0.2, 0.25) is 0 Å². The zero-order valence-corrected chi connectivity index (χ0v) is 13.4. The Hall–Kier alpha value is -2.54. The predicted molar refractivity (Wildman–Crippen MR) is 84.1 cm³/mol. The number of carbonyl (C=O) groups is 1. The van der Waals surface area contributed by atoms with E-state index in [4.69, 9.17) is 8.83 Å². The number of ether oxygens (including phenoxy) is 1. The lowest BCUT2D eigenvalue weighted by atomic mass is 10.1. The molecule has 0 radical (unpaired) electrons. The van der Waals surface area contributed by atoms with Crippen LogP contribution in [0.3, 0.4) is 0 Å². The van der Waals surface area contributed by atoms with Crippen LogP contribution in [-0.4, -0.2) is 23.3 Å². The van der Waals surface area contributed by atoms with E-state index in [2.05, 4.69) is 14.9 Å². The molecule has 0 saturated carbocycles. The van der Waals surface area contributed by atoms with E-state index >= 15 is 0 Å². The summed E-state index contributed by atoms with van der Waals surface area (Å²) in [6, 6.07) is 11.1. The Balaban J connectivity index is 1.64. The van der Waals surface area contributed by atoms with Gasteiger partial charge in [-0.3, -0.25) is 0 Å². The fourth-order valence-electron chi connectivity index (χ4n) is 1.88. The zero-order valence-electron chi connectivity index (χ0n) is 12.6. The molecule has 0 fully saturated rings. The van der Waals surface area contributed by atoms with Crippen LogP contribution in [0.4, 0.5) is 0 Å². The summed E-state index contributed by atoms with van der Waals surface area (Å²) in [6.07, 6.45) is 0. The van der Waals surface area contributed by atoms with Crippen molar-refractivity contribution in [3.05, 3.63) is 53.5 Å². The first-order chi connectivity index (χ1) is 11.2. The average molecular weight is 330 g/mol. The molecule has 0 amide bonds. The molecule has 0 bridgehead atoms. The van der Waals surface area contributed by atoms with Gasteiger partial charge in [0.15, 0.2) is 0 Å². The standard InChI is InChI=1S/C16H14N2O4S/c1-10-3-5-11(6-4-10)14-17-18-16(22-14)23-9-12-7-8-13(21-12)15(19)20-2/h3-8H,9H2,1-2H3. The quantitative estimate of drug-likeness (QED) is 0.521. The highest BCUT2D eigenvalue weighted by Gasteiger charge is 2.13. The number of hydrogen-bond donors (Lipinski definition) is 0. The lowest BCUT2D eigenvalue weighted by Gasteiger charge is -1.96. The van der Waals surface area contributed by atoms with E-state index in [0.717, 1.165) is 5.56 Å². The van der Waals surface area contributed by atoms with Gasteiger partial charge in [-0.05, 0) is 31.2 Å². The van der Waals surface area contributed by atoms with Crippen LogP contribution < -0.4 is 0 Å². The van der Waals surface area contributed by atoms with Gasteiger partial charge in [0.1, 0.15) is 5.76 Å². The molecule has 0 aliphatic carbocycles. The fourth-order valence-corrected chi connectivity index (χ4v) is 2.54. The Bertz CT molecular complexity index is 808. The number of esters is 1. The SMILES string of the molecule is COC(=O)c1ccc(CSc2nnc(-c3ccc(C)cc3)o2)o1. The van der Waals surface area contributed by atoms with Crippen LogP contribution in [0.5, 0.6) is 0 Å². The first-order valence-electron chi connectivity index (χ1n) is 6.86. The molecule has 7 heteroatoms. The summed E-state index contributed by atoms with van der Waals surface area (Å²) in [5, 5.41) is 8.48. The van der Waals surface area contributed by atoms with Crippen LogP contribution >= 0.6 is 11.8 Å². The summed E-state index contributed by atoms with van der Waals surface area (Å²) >= 11 is 1.34. The highest BCUT2D eigenvalue weighted by Crippen LogP contribution is 2.26. The highest BCUT2D eigenvalue weighted by atomic mass is 32.2. The van der Waals surface area contributed by atoms with Crippen molar-refractivity contribution >= 4 is 17.7 Å². The summed E-state index contributed by atoms with van der Waals surface area (Å²) in [5.74, 6) is 1.26. The van der Waals surface area contributed by atoms with Gasteiger partial charge in [-0.25, -0.2) is 4.79 Å². The van der Waals surface area contributed by atoms with Crippen molar-refractivity contribution in [2.75, 3.05) is 7.11 Å². The molecule has 0 N–H and O–H groups in total. The van der Waals surface area contributed by atoms with E-state index in [1.165, 1.54) is 24.4 Å². The monoisotopic (exact) mass is 330 g/mol. The summed E-state index contributed by atoms with van der Waals surface area (Å²) < 4.78 is 15.6. The molecule has 6 nitrogen and oxygen atoms in total. The minimum absolute atomic E-state index is 0.175. The Morgan fingerprint density at radius 2 is 1.91 bits per heavy atom. The molecule has 0 atom stereocenters. The second kappa shape index (κ2) is 6.70. The molecule has 0 aliphatic rings. The average Bonchev–Trinajstić information content (AvgIpc) is 3.22. The second-order valence-electron chi connectivity index (χ2n) is 4.79. The van der Waals surface area contributed by atoms with E-state index in [1.807, 2.05) is 31.2 Å². The van der Waals surface area contributed by atoms with Crippen LogP contribution in [0, 0.1) is 6.92 Å². The molecule has 118 valence electrons. The summed E-state index contributed by atoms with van der Waals surface area (Å²) in [4.78, 5) is 11.3. The number of thioether (sulfide) groups is 1. The van der Waals surface area contributed by atoms with Crippen molar-refractivity contribution in [1.82, 2.24) is 10.2 Å². The Morgan fingerprint density at radius 1 is 1.13 bits per heavy atom. The molecule has 0 spiro atoms. The normalized spacial score (nSPS) is 10.7. The van der Waals surface area contributed by atoms with Gasteiger partial charge in [0.25, 0.3) is 5.22 Å². The molecular formula is C16H14N2O4S. The number of nitrogens with zero attached hydrogens (tertiary/aromatic N) is 2. The fraction of sp³-hybridized carbons (Fsp3) is 0.188. The van der Waals surface area contributed by atoms with Crippen LogP contribution in [0.15, 0.2) is 50.5 Å². The molecule has 0 unspecified atom stereocenters. The van der Waals surface area contributed by atoms with Gasteiger partial charge in [0, 0.05) is 5.56 Å². The number of benzene rings is 1. The summed E-state index contributed by atoms with van der Waals surface area (Å²) in [7, 11) is 1.31. The minimum Gasteiger partial charge on any atom is -0.463 e. The third-order valence-corrected chi connectivity index (χ3v) is 3.93. The Kier molecular flexibility index (Phi) is 4.47. The van der Waals surface area contributed by atoms with E-state index < -0.39 is 5.97 Å². The molecule has 1 aromatic carbocycles. The zero-order chi connectivity index (χ0) is 16.2. The van der Waals surface area contributed by atoms with Crippen molar-refractivity contribution in [2.45, 2.75) is 17.9 Å². The van der Waals surface area contributed by atoms with E-state index in [0.29, 0.717) is 22.6 Å². The lowest BCUT2D eigenvalue weighted by molar-refractivity contribution is 0.0563. The maximum atomic E-state index is 11.3. The van der Waals surface area contributed by atoms with Crippen molar-refractivity contribution in [3.63, 3.8) is 0 Å². The maximum Gasteiger partial charge on any atom is 0.373 e. The number of rotatable bonds is 5. The van der Waals surface area contributed by atoms with Crippen molar-refractivity contribution in [2.24, 2.45) is 0 Å². The third-order valence-electron chi connectivity index (χ3n) is 3.09. The first-order valence-corrected chi connectivity index (χ1v) is 7.84. The number of aryl methyl sites for hydroxylation is 1. The van der Waals surface area contributed by atoms with Crippen molar-refractivity contribution < 1.29 is 18.4 Å². The largest absolute Gasteiger partial charge is 0.463 e. The molecule has 2 heterocycles. The van der Waals surface area contributed by atoms with Crippen LogP contribution in [-0.2, 0) is 10.5 Å². The number of aromatic nitrogens is 2. The van der Waals surface area contributed by atoms with Crippen molar-refractivity contribution in [1.29, 1.82) is 0 Å². The van der Waals surface area contributed by atoms with Gasteiger partial charge in [-0.2, -0.15) is 0 Å².